The maximum absolute atomic E-state index is 12.6. The van der Waals surface area contributed by atoms with Gasteiger partial charge in [0.1, 0.15) is 5.75 Å². The van der Waals surface area contributed by atoms with Gasteiger partial charge in [-0.05, 0) is 54.7 Å². The number of halogens is 2. The number of rotatable bonds is 5. The van der Waals surface area contributed by atoms with Gasteiger partial charge in [0, 0.05) is 24.0 Å². The van der Waals surface area contributed by atoms with Crippen molar-refractivity contribution in [2.75, 3.05) is 0 Å². The Labute approximate surface area is 159 Å². The zero-order valence-corrected chi connectivity index (χ0v) is 14.8. The Morgan fingerprint density at radius 2 is 2.18 bits per heavy atom. The zero-order chi connectivity index (χ0) is 19.5. The lowest BCUT2D eigenvalue weighted by Crippen LogP contribution is -2.31. The first-order valence-corrected chi connectivity index (χ1v) is 8.86. The fraction of sp³-hybridized carbons (Fsp3) is 0.250. The molecule has 1 N–H and O–H groups in total. The third-order valence-electron chi connectivity index (χ3n) is 4.65. The molecular formula is C20H17F2N3O3. The van der Waals surface area contributed by atoms with Crippen LogP contribution in [0.5, 0.6) is 5.75 Å². The molecule has 28 heavy (non-hydrogen) atoms. The minimum atomic E-state index is -2.86. The predicted octanol–water partition coefficient (Wildman–Crippen LogP) is 4.15. The summed E-state index contributed by atoms with van der Waals surface area (Å²) < 4.78 is 34.5. The molecule has 8 heteroatoms. The molecule has 144 valence electrons. The Bertz CT molecular complexity index is 976. The summed E-state index contributed by atoms with van der Waals surface area (Å²) in [6.07, 6.45) is 5.60. The quantitative estimate of drug-likeness (QED) is 0.714. The number of fused-ring (bicyclic) bond motifs is 1. The van der Waals surface area contributed by atoms with Crippen molar-refractivity contribution in [2.45, 2.75) is 31.9 Å². The summed E-state index contributed by atoms with van der Waals surface area (Å²) in [6.45, 7) is -2.86. The van der Waals surface area contributed by atoms with Crippen LogP contribution in [0.25, 0.3) is 11.3 Å². The summed E-state index contributed by atoms with van der Waals surface area (Å²) >= 11 is 0. The van der Waals surface area contributed by atoms with Crippen LogP contribution in [0.3, 0.4) is 0 Å². The molecule has 6 nitrogen and oxygen atoms in total. The summed E-state index contributed by atoms with van der Waals surface area (Å²) in [5, 5.41) is 6.79. The highest BCUT2D eigenvalue weighted by Crippen LogP contribution is 2.33. The number of alkyl halides is 2. The number of hydrogen-bond donors (Lipinski definition) is 1. The smallest absolute Gasteiger partial charge is 0.387 e. The number of benzene rings is 1. The fourth-order valence-electron chi connectivity index (χ4n) is 3.38. The average molecular weight is 385 g/mol. The Hall–Kier alpha value is -3.29. The second-order valence-electron chi connectivity index (χ2n) is 6.48. The molecule has 0 spiro atoms. The molecule has 1 unspecified atom stereocenters. The molecule has 3 aromatic rings. The molecule has 1 amide bonds. The van der Waals surface area contributed by atoms with Crippen LogP contribution in [0, 0.1) is 0 Å². The van der Waals surface area contributed by atoms with Crippen LogP contribution in [-0.4, -0.2) is 22.7 Å². The third-order valence-corrected chi connectivity index (χ3v) is 4.65. The van der Waals surface area contributed by atoms with Gasteiger partial charge in [-0.25, -0.2) is 0 Å². The number of hydrogen-bond acceptors (Lipinski definition) is 5. The number of aromatic nitrogens is 2. The highest BCUT2D eigenvalue weighted by atomic mass is 19.3. The minimum Gasteiger partial charge on any atom is -0.435 e. The second kappa shape index (κ2) is 7.75. The van der Waals surface area contributed by atoms with E-state index in [1.54, 1.807) is 36.7 Å². The maximum atomic E-state index is 12.6. The van der Waals surface area contributed by atoms with Crippen LogP contribution in [0.2, 0.25) is 0 Å². The number of nitrogens with zero attached hydrogens (tertiary/aromatic N) is 2. The lowest BCUT2D eigenvalue weighted by atomic mass is 9.87. The number of pyridine rings is 1. The average Bonchev–Trinajstić information content (AvgIpc) is 3.19. The Morgan fingerprint density at radius 3 is 2.96 bits per heavy atom. The number of nitrogens with one attached hydrogen (secondary N) is 1. The Kier molecular flexibility index (Phi) is 5.01. The minimum absolute atomic E-state index is 0.123. The number of amides is 1. The molecule has 1 aliphatic carbocycles. The molecule has 0 saturated carbocycles. The highest BCUT2D eigenvalue weighted by molar-refractivity contribution is 5.93. The van der Waals surface area contributed by atoms with Gasteiger partial charge in [0.2, 0.25) is 0 Å². The standard InChI is InChI=1S/C20H17F2N3O3/c21-20(22)27-14-6-7-15-12(9-14)3-1-5-16(15)24-19(26)17-10-18(28-25-17)13-4-2-8-23-11-13/h2,4,6-11,16,20H,1,3,5H2,(H,24,26). The number of aryl methyl sites for hydroxylation is 1. The molecule has 0 radical (unpaired) electrons. The van der Waals surface area contributed by atoms with Gasteiger partial charge >= 0.3 is 6.61 Å². The first-order valence-electron chi connectivity index (χ1n) is 8.86. The molecule has 1 aliphatic rings. The van der Waals surface area contributed by atoms with Crippen LogP contribution in [0.4, 0.5) is 8.78 Å². The van der Waals surface area contributed by atoms with Crippen LogP contribution in [0.1, 0.15) is 40.5 Å². The predicted molar refractivity (Wildman–Crippen MR) is 96.0 cm³/mol. The summed E-state index contributed by atoms with van der Waals surface area (Å²) in [7, 11) is 0. The van der Waals surface area contributed by atoms with Gasteiger partial charge in [0.15, 0.2) is 11.5 Å². The van der Waals surface area contributed by atoms with Crippen LogP contribution < -0.4 is 10.1 Å². The molecule has 0 aliphatic heterocycles. The maximum Gasteiger partial charge on any atom is 0.387 e. The van der Waals surface area contributed by atoms with Crippen molar-refractivity contribution in [3.8, 4) is 17.1 Å². The van der Waals surface area contributed by atoms with E-state index in [9.17, 15) is 13.6 Å². The SMILES string of the molecule is O=C(NC1CCCc2cc(OC(F)F)ccc21)c1cc(-c2cccnc2)on1. The van der Waals surface area contributed by atoms with Gasteiger partial charge in [0.25, 0.3) is 5.91 Å². The Morgan fingerprint density at radius 1 is 1.29 bits per heavy atom. The number of carbonyl (C=O) groups excluding carboxylic acids is 1. The van der Waals surface area contributed by atoms with Crippen LogP contribution >= 0.6 is 0 Å². The number of carbonyl (C=O) groups is 1. The van der Waals surface area contributed by atoms with E-state index < -0.39 is 6.61 Å². The normalized spacial score (nSPS) is 15.9. The number of ether oxygens (including phenoxy) is 1. The molecule has 0 saturated heterocycles. The molecule has 0 bridgehead atoms. The molecule has 2 aromatic heterocycles. The van der Waals surface area contributed by atoms with Crippen molar-refractivity contribution in [2.24, 2.45) is 0 Å². The zero-order valence-electron chi connectivity index (χ0n) is 14.8. The van der Waals surface area contributed by atoms with E-state index >= 15 is 0 Å². The Balaban J connectivity index is 1.50. The molecule has 0 fully saturated rings. The fourth-order valence-corrected chi connectivity index (χ4v) is 3.38. The first kappa shape index (κ1) is 18.1. The van der Waals surface area contributed by atoms with Crippen molar-refractivity contribution in [3.05, 3.63) is 65.6 Å². The van der Waals surface area contributed by atoms with Crippen molar-refractivity contribution >= 4 is 5.91 Å². The molecular weight excluding hydrogens is 368 g/mol. The molecule has 1 aromatic carbocycles. The lowest BCUT2D eigenvalue weighted by molar-refractivity contribution is -0.0499. The van der Waals surface area contributed by atoms with E-state index in [0.717, 1.165) is 36.0 Å². The molecule has 1 atom stereocenters. The monoisotopic (exact) mass is 385 g/mol. The van der Waals surface area contributed by atoms with Gasteiger partial charge in [-0.3, -0.25) is 9.78 Å². The van der Waals surface area contributed by atoms with Crippen molar-refractivity contribution in [3.63, 3.8) is 0 Å². The van der Waals surface area contributed by atoms with Gasteiger partial charge in [-0.2, -0.15) is 8.78 Å². The van der Waals surface area contributed by atoms with E-state index in [-0.39, 0.29) is 23.4 Å². The van der Waals surface area contributed by atoms with E-state index in [2.05, 4.69) is 20.2 Å². The van der Waals surface area contributed by atoms with E-state index in [4.69, 9.17) is 4.52 Å². The summed E-state index contributed by atoms with van der Waals surface area (Å²) in [5.41, 5.74) is 2.69. The second-order valence-corrected chi connectivity index (χ2v) is 6.48. The van der Waals surface area contributed by atoms with Gasteiger partial charge in [-0.15, -0.1) is 0 Å². The van der Waals surface area contributed by atoms with Gasteiger partial charge in [-0.1, -0.05) is 11.2 Å². The summed E-state index contributed by atoms with van der Waals surface area (Å²) in [4.78, 5) is 16.6. The van der Waals surface area contributed by atoms with Crippen molar-refractivity contribution < 1.29 is 22.8 Å². The van der Waals surface area contributed by atoms with E-state index in [1.165, 1.54) is 6.07 Å². The topological polar surface area (TPSA) is 77.2 Å². The summed E-state index contributed by atoms with van der Waals surface area (Å²) in [5.74, 6) is 0.221. The van der Waals surface area contributed by atoms with E-state index in [1.807, 2.05) is 6.07 Å². The highest BCUT2D eigenvalue weighted by Gasteiger charge is 2.24. The largest absolute Gasteiger partial charge is 0.435 e. The van der Waals surface area contributed by atoms with Gasteiger partial charge < -0.3 is 14.6 Å². The summed E-state index contributed by atoms with van der Waals surface area (Å²) in [6, 6.07) is 9.74. The van der Waals surface area contributed by atoms with Crippen LogP contribution in [0.15, 0.2) is 53.3 Å². The first-order chi connectivity index (χ1) is 13.6. The molecule has 4 rings (SSSR count). The van der Waals surface area contributed by atoms with Crippen LogP contribution in [-0.2, 0) is 6.42 Å². The van der Waals surface area contributed by atoms with Gasteiger partial charge in [0.05, 0.1) is 6.04 Å². The van der Waals surface area contributed by atoms with Crippen molar-refractivity contribution in [1.82, 2.24) is 15.5 Å². The lowest BCUT2D eigenvalue weighted by Gasteiger charge is -2.26. The third kappa shape index (κ3) is 3.85. The van der Waals surface area contributed by atoms with Crippen molar-refractivity contribution in [1.29, 1.82) is 0 Å². The molecule has 2 heterocycles. The van der Waals surface area contributed by atoms with E-state index in [0.29, 0.717) is 5.76 Å².